The Balaban J connectivity index is 1.01. The number of aromatic nitrogens is 4. The van der Waals surface area contributed by atoms with Crippen molar-refractivity contribution in [3.05, 3.63) is 53.3 Å². The van der Waals surface area contributed by atoms with E-state index >= 15 is 0 Å². The number of carbonyl (C=O) groups excluding carboxylic acids is 1. The highest BCUT2D eigenvalue weighted by atomic mass is 32.1. The Hall–Kier alpha value is -3.20. The molecule has 3 aromatic heterocycles. The number of carbonyl (C=O) groups is 1. The summed E-state index contributed by atoms with van der Waals surface area (Å²) < 4.78 is 21.6. The van der Waals surface area contributed by atoms with Crippen molar-refractivity contribution in [3.8, 4) is 11.1 Å². The van der Waals surface area contributed by atoms with E-state index in [-0.39, 0.29) is 11.3 Å². The molecule has 0 saturated heterocycles. The first kappa shape index (κ1) is 26.2. The number of hydrogen-bond acceptors (Lipinski definition) is 7. The topological polar surface area (TPSA) is 85.0 Å². The van der Waals surface area contributed by atoms with Crippen LogP contribution < -0.4 is 4.90 Å². The zero-order chi connectivity index (χ0) is 29.0. The zero-order valence-electron chi connectivity index (χ0n) is 24.5. The number of fused-ring (bicyclic) bond motifs is 3. The number of rotatable bonds is 7. The van der Waals surface area contributed by atoms with Crippen LogP contribution in [0.4, 0.5) is 10.1 Å². The van der Waals surface area contributed by atoms with E-state index in [9.17, 15) is 9.18 Å². The third-order valence-electron chi connectivity index (χ3n) is 11.3. The van der Waals surface area contributed by atoms with Gasteiger partial charge in [0.25, 0.3) is 0 Å². The molecule has 0 N–H and O–H groups in total. The Kier molecular flexibility index (Phi) is 5.59. The van der Waals surface area contributed by atoms with Crippen molar-refractivity contribution < 1.29 is 13.7 Å². The average molecular weight is 598 g/mol. The Morgan fingerprint density at radius 3 is 2.77 bits per heavy atom. The number of benzene rings is 1. The first-order chi connectivity index (χ1) is 20.8. The van der Waals surface area contributed by atoms with Crippen LogP contribution in [0.1, 0.15) is 93.3 Å². The van der Waals surface area contributed by atoms with Crippen LogP contribution in [0.15, 0.2) is 41.1 Å². The quantitative estimate of drug-likeness (QED) is 0.217. The summed E-state index contributed by atoms with van der Waals surface area (Å²) in [5, 5.41) is 5.35. The summed E-state index contributed by atoms with van der Waals surface area (Å²) in [5.41, 5.74) is 2.04. The van der Waals surface area contributed by atoms with Gasteiger partial charge in [-0.25, -0.2) is 14.4 Å². The van der Waals surface area contributed by atoms with Crippen LogP contribution in [0.2, 0.25) is 0 Å². The highest BCUT2D eigenvalue weighted by Gasteiger charge is 2.73. The second-order valence-corrected chi connectivity index (χ2v) is 15.6. The van der Waals surface area contributed by atoms with E-state index in [4.69, 9.17) is 9.51 Å². The molecule has 1 aromatic carbocycles. The van der Waals surface area contributed by atoms with Crippen molar-refractivity contribution >= 4 is 33.3 Å². The van der Waals surface area contributed by atoms with Crippen LogP contribution in [0, 0.1) is 24.2 Å². The van der Waals surface area contributed by atoms with Crippen molar-refractivity contribution in [3.63, 3.8) is 0 Å². The lowest BCUT2D eigenvalue weighted by molar-refractivity contribution is -0.211. The average Bonchev–Trinajstić information content (AvgIpc) is 3.57. The van der Waals surface area contributed by atoms with Crippen molar-refractivity contribution in [1.29, 1.82) is 0 Å². The molecule has 6 fully saturated rings. The molecular formula is C34H36FN5O2S. The van der Waals surface area contributed by atoms with Crippen LogP contribution in [0.3, 0.4) is 0 Å². The normalized spacial score (nSPS) is 32.7. The molecule has 6 aliphatic carbocycles. The van der Waals surface area contributed by atoms with Gasteiger partial charge in [0, 0.05) is 35.3 Å². The summed E-state index contributed by atoms with van der Waals surface area (Å²) >= 11 is 1.64. The van der Waals surface area contributed by atoms with Crippen LogP contribution in [-0.4, -0.2) is 38.2 Å². The van der Waals surface area contributed by atoms with Gasteiger partial charge in [-0.05, 0) is 100 Å². The van der Waals surface area contributed by atoms with Crippen LogP contribution in [0.5, 0.6) is 0 Å². The molecule has 10 rings (SSSR count). The van der Waals surface area contributed by atoms with Gasteiger partial charge in [-0.1, -0.05) is 30.1 Å². The molecule has 7 nitrogen and oxygen atoms in total. The largest absolute Gasteiger partial charge is 0.339 e. The molecule has 0 radical (unpaired) electrons. The highest BCUT2D eigenvalue weighted by Crippen LogP contribution is 2.70. The standard InChI is InChI=1S/C34H36FN5O2S/c1-20-37-29-27(43-20)13-25(15-36-29)22-4-2-6-26(12-22)40(31(41)33-17-34(35,18-33)19-33)16-24-9-11-32(10-3-5-23(24)14-32)30-38-28(39-42-30)21-7-8-21/h2,4,6,12-13,15,21,23-24H,3,5,7-11,14,16-19H2,1H3. The number of pyridine rings is 1. The van der Waals surface area contributed by atoms with Gasteiger partial charge in [-0.15, -0.1) is 11.3 Å². The van der Waals surface area contributed by atoms with Crippen molar-refractivity contribution in [1.82, 2.24) is 20.1 Å². The number of thiazole rings is 1. The lowest BCUT2D eigenvalue weighted by Gasteiger charge is -2.65. The summed E-state index contributed by atoms with van der Waals surface area (Å²) in [6.07, 6.45) is 11.8. The van der Waals surface area contributed by atoms with E-state index < -0.39 is 11.1 Å². The van der Waals surface area contributed by atoms with E-state index in [1.54, 1.807) is 11.3 Å². The summed E-state index contributed by atoms with van der Waals surface area (Å²) in [6, 6.07) is 10.4. The molecule has 43 heavy (non-hydrogen) atoms. The lowest BCUT2D eigenvalue weighted by Crippen LogP contribution is -2.70. The van der Waals surface area contributed by atoms with Crippen LogP contribution >= 0.6 is 11.3 Å². The second kappa shape index (κ2) is 9.16. The molecule has 0 spiro atoms. The Labute approximate surface area is 254 Å². The molecule has 4 aromatic rings. The minimum absolute atomic E-state index is 0.0244. The van der Waals surface area contributed by atoms with Gasteiger partial charge in [0.15, 0.2) is 11.5 Å². The van der Waals surface area contributed by atoms with E-state index in [2.05, 4.69) is 33.3 Å². The van der Waals surface area contributed by atoms with E-state index in [0.29, 0.717) is 43.6 Å². The minimum atomic E-state index is -1.12. The molecule has 1 amide bonds. The van der Waals surface area contributed by atoms with Gasteiger partial charge in [0.2, 0.25) is 11.8 Å². The first-order valence-electron chi connectivity index (χ1n) is 16.0. The minimum Gasteiger partial charge on any atom is -0.339 e. The molecule has 3 heterocycles. The monoisotopic (exact) mass is 597 g/mol. The van der Waals surface area contributed by atoms with Gasteiger partial charge >= 0.3 is 0 Å². The number of anilines is 1. The molecule has 9 heteroatoms. The number of halogens is 1. The summed E-state index contributed by atoms with van der Waals surface area (Å²) in [6.45, 7) is 2.67. The maximum Gasteiger partial charge on any atom is 0.233 e. The van der Waals surface area contributed by atoms with E-state index in [1.807, 2.05) is 30.2 Å². The maximum atomic E-state index is 14.6. The predicted molar refractivity (Wildman–Crippen MR) is 163 cm³/mol. The van der Waals surface area contributed by atoms with Gasteiger partial charge in [-0.2, -0.15) is 4.98 Å². The highest BCUT2D eigenvalue weighted by molar-refractivity contribution is 7.18. The fraction of sp³-hybridized carbons (Fsp3) is 0.559. The summed E-state index contributed by atoms with van der Waals surface area (Å²) in [4.78, 5) is 30.3. The Morgan fingerprint density at radius 1 is 1.09 bits per heavy atom. The maximum absolute atomic E-state index is 14.6. The van der Waals surface area contributed by atoms with Gasteiger partial charge in [0.1, 0.15) is 5.67 Å². The Morgan fingerprint density at radius 2 is 1.95 bits per heavy atom. The fourth-order valence-electron chi connectivity index (χ4n) is 8.89. The first-order valence-corrected chi connectivity index (χ1v) is 16.8. The van der Waals surface area contributed by atoms with Gasteiger partial charge in [-0.3, -0.25) is 4.79 Å². The molecular weight excluding hydrogens is 561 g/mol. The van der Waals surface area contributed by atoms with Crippen molar-refractivity contribution in [2.45, 2.75) is 94.6 Å². The third kappa shape index (κ3) is 4.20. The predicted octanol–water partition coefficient (Wildman–Crippen LogP) is 7.69. The van der Waals surface area contributed by atoms with Crippen molar-refractivity contribution in [2.24, 2.45) is 17.3 Å². The van der Waals surface area contributed by atoms with E-state index in [1.165, 1.54) is 12.8 Å². The lowest BCUT2D eigenvalue weighted by atomic mass is 9.42. The number of aryl methyl sites for hydroxylation is 1. The van der Waals surface area contributed by atoms with E-state index in [0.717, 1.165) is 82.4 Å². The fourth-order valence-corrected chi connectivity index (χ4v) is 9.72. The molecule has 3 unspecified atom stereocenters. The zero-order valence-corrected chi connectivity index (χ0v) is 25.3. The molecule has 0 aliphatic heterocycles. The Bertz CT molecular complexity index is 1740. The molecule has 6 aliphatic rings. The third-order valence-corrected chi connectivity index (χ3v) is 12.2. The smallest absolute Gasteiger partial charge is 0.233 e. The summed E-state index contributed by atoms with van der Waals surface area (Å²) in [5.74, 6) is 3.23. The van der Waals surface area contributed by atoms with Crippen LogP contribution in [0.25, 0.3) is 21.5 Å². The van der Waals surface area contributed by atoms with Gasteiger partial charge in [0.05, 0.1) is 15.1 Å². The molecule has 4 bridgehead atoms. The van der Waals surface area contributed by atoms with Crippen LogP contribution in [-0.2, 0) is 10.2 Å². The number of hydrogen-bond donors (Lipinski definition) is 0. The number of nitrogens with zero attached hydrogens (tertiary/aromatic N) is 5. The molecule has 222 valence electrons. The van der Waals surface area contributed by atoms with Gasteiger partial charge < -0.3 is 9.42 Å². The molecule has 6 saturated carbocycles. The SMILES string of the molecule is Cc1nc2ncc(-c3cccc(N(CC4CCC5(c6nc(C7CC7)no6)CCCC4C5)C(=O)C45CC(F)(C4)C5)c3)cc2s1. The van der Waals surface area contributed by atoms with Crippen molar-refractivity contribution in [2.75, 3.05) is 11.4 Å². The molecule has 3 atom stereocenters. The number of alkyl halides is 1. The second-order valence-electron chi connectivity index (χ2n) is 14.4. The number of amides is 1. The summed E-state index contributed by atoms with van der Waals surface area (Å²) in [7, 11) is 0.